The molecule has 0 saturated carbocycles. The first-order valence-electron chi connectivity index (χ1n) is 11.5. The Hall–Kier alpha value is -3.52. The minimum Gasteiger partial charge on any atom is -0.338 e. The number of nitrogens with zero attached hydrogens (tertiary/aromatic N) is 4. The molecule has 2 amide bonds. The van der Waals surface area contributed by atoms with E-state index in [4.69, 9.17) is 4.52 Å². The molecule has 5 rings (SSSR count). The van der Waals surface area contributed by atoms with Crippen LogP contribution in [-0.4, -0.2) is 46.5 Å². The number of nitrogens with one attached hydrogen (secondary N) is 1. The maximum atomic E-state index is 12.8. The van der Waals surface area contributed by atoms with E-state index in [0.717, 1.165) is 55.8 Å². The van der Waals surface area contributed by atoms with E-state index in [2.05, 4.69) is 20.4 Å². The quantitative estimate of drug-likeness (QED) is 0.622. The number of benzene rings is 2. The number of hydrogen-bond acceptors (Lipinski definition) is 6. The molecule has 3 aromatic rings. The summed E-state index contributed by atoms with van der Waals surface area (Å²) >= 11 is 0. The van der Waals surface area contributed by atoms with Gasteiger partial charge in [0.2, 0.25) is 23.5 Å². The zero-order valence-corrected chi connectivity index (χ0v) is 18.4. The van der Waals surface area contributed by atoms with E-state index in [0.29, 0.717) is 24.7 Å². The fourth-order valence-electron chi connectivity index (χ4n) is 4.49. The van der Waals surface area contributed by atoms with Crippen LogP contribution in [0.25, 0.3) is 11.4 Å². The monoisotopic (exact) mass is 445 g/mol. The molecule has 8 nitrogen and oxygen atoms in total. The summed E-state index contributed by atoms with van der Waals surface area (Å²) in [5.74, 6) is 1.32. The lowest BCUT2D eigenvalue weighted by atomic mass is 9.96. The molecule has 170 valence electrons. The Labute approximate surface area is 192 Å². The van der Waals surface area contributed by atoms with Crippen molar-refractivity contribution in [1.82, 2.24) is 15.0 Å². The van der Waals surface area contributed by atoms with Crippen LogP contribution in [0.1, 0.15) is 31.6 Å². The first-order valence-corrected chi connectivity index (χ1v) is 11.5. The third kappa shape index (κ3) is 4.96. The Morgan fingerprint density at radius 2 is 1.88 bits per heavy atom. The lowest BCUT2D eigenvalue weighted by Crippen LogP contribution is -2.37. The van der Waals surface area contributed by atoms with Crippen molar-refractivity contribution in [1.29, 1.82) is 0 Å². The van der Waals surface area contributed by atoms with Gasteiger partial charge in [-0.2, -0.15) is 4.98 Å². The number of hydrogen-bond donors (Lipinski definition) is 1. The third-order valence-corrected chi connectivity index (χ3v) is 6.32. The summed E-state index contributed by atoms with van der Waals surface area (Å²) in [7, 11) is 0. The van der Waals surface area contributed by atoms with Crippen molar-refractivity contribution in [3.05, 3.63) is 60.5 Å². The fraction of sp³-hybridized carbons (Fsp3) is 0.360. The number of aromatic nitrogens is 2. The number of rotatable bonds is 6. The largest absolute Gasteiger partial charge is 0.338 e. The van der Waals surface area contributed by atoms with Crippen LogP contribution in [-0.2, 0) is 16.1 Å². The van der Waals surface area contributed by atoms with Gasteiger partial charge < -0.3 is 14.7 Å². The molecule has 8 heteroatoms. The van der Waals surface area contributed by atoms with Gasteiger partial charge in [-0.05, 0) is 50.6 Å². The van der Waals surface area contributed by atoms with E-state index in [1.54, 1.807) is 4.90 Å². The molecule has 3 heterocycles. The third-order valence-electron chi connectivity index (χ3n) is 6.32. The highest BCUT2D eigenvalue weighted by Gasteiger charge is 2.27. The van der Waals surface area contributed by atoms with Crippen LogP contribution in [0.4, 0.5) is 11.4 Å². The molecule has 2 fully saturated rings. The molecule has 1 aromatic heterocycles. The van der Waals surface area contributed by atoms with Crippen molar-refractivity contribution in [2.45, 2.75) is 32.2 Å². The Morgan fingerprint density at radius 1 is 1.06 bits per heavy atom. The number of piperidine rings is 1. The van der Waals surface area contributed by atoms with Crippen molar-refractivity contribution in [2.24, 2.45) is 5.92 Å². The van der Waals surface area contributed by atoms with Gasteiger partial charge >= 0.3 is 0 Å². The molecule has 2 aromatic carbocycles. The minimum absolute atomic E-state index is 0.0312. The molecule has 2 aliphatic heterocycles. The Morgan fingerprint density at radius 3 is 2.64 bits per heavy atom. The average molecular weight is 446 g/mol. The van der Waals surface area contributed by atoms with Gasteiger partial charge in [0.15, 0.2) is 0 Å². The summed E-state index contributed by atoms with van der Waals surface area (Å²) in [6.07, 6.45) is 3.02. The fourth-order valence-corrected chi connectivity index (χ4v) is 4.49. The highest BCUT2D eigenvalue weighted by Crippen LogP contribution is 2.26. The summed E-state index contributed by atoms with van der Waals surface area (Å²) in [6.45, 7) is 2.91. The first kappa shape index (κ1) is 21.3. The maximum Gasteiger partial charge on any atom is 0.241 e. The van der Waals surface area contributed by atoms with E-state index in [9.17, 15) is 9.59 Å². The second-order valence-corrected chi connectivity index (χ2v) is 8.62. The predicted octanol–water partition coefficient (Wildman–Crippen LogP) is 3.71. The highest BCUT2D eigenvalue weighted by atomic mass is 16.5. The van der Waals surface area contributed by atoms with Crippen LogP contribution in [0.2, 0.25) is 0 Å². The number of likely N-dealkylation sites (tertiary alicyclic amines) is 1. The van der Waals surface area contributed by atoms with E-state index in [1.807, 2.05) is 54.6 Å². The molecule has 2 saturated heterocycles. The van der Waals surface area contributed by atoms with Crippen LogP contribution in [0, 0.1) is 5.92 Å². The minimum atomic E-state index is -0.0408. The topological polar surface area (TPSA) is 91.6 Å². The average Bonchev–Trinajstić information content (AvgIpc) is 3.49. The molecule has 0 atom stereocenters. The van der Waals surface area contributed by atoms with Gasteiger partial charge in [0, 0.05) is 35.8 Å². The van der Waals surface area contributed by atoms with Gasteiger partial charge in [0.1, 0.15) is 0 Å². The van der Waals surface area contributed by atoms with E-state index < -0.39 is 0 Å². The van der Waals surface area contributed by atoms with Crippen LogP contribution >= 0.6 is 0 Å². The number of anilines is 2. The van der Waals surface area contributed by atoms with Gasteiger partial charge in [0.05, 0.1) is 6.54 Å². The number of carbonyl (C=O) groups is 2. The lowest BCUT2D eigenvalue weighted by molar-refractivity contribution is -0.121. The van der Waals surface area contributed by atoms with Crippen LogP contribution < -0.4 is 10.2 Å². The SMILES string of the molecule is O=C(Nc1cccc(N2CCCC2=O)c1)C1CCN(Cc2nc(-c3ccccc3)no2)CC1. The molecule has 33 heavy (non-hydrogen) atoms. The summed E-state index contributed by atoms with van der Waals surface area (Å²) < 4.78 is 5.43. The van der Waals surface area contributed by atoms with Crippen molar-refractivity contribution < 1.29 is 14.1 Å². The van der Waals surface area contributed by atoms with Crippen molar-refractivity contribution >= 4 is 23.2 Å². The van der Waals surface area contributed by atoms with Crippen molar-refractivity contribution in [2.75, 3.05) is 29.9 Å². The molecule has 0 bridgehead atoms. The van der Waals surface area contributed by atoms with Crippen molar-refractivity contribution in [3.8, 4) is 11.4 Å². The van der Waals surface area contributed by atoms with Gasteiger partial charge in [-0.25, -0.2) is 0 Å². The molecule has 0 radical (unpaired) electrons. The second kappa shape index (κ2) is 9.54. The predicted molar refractivity (Wildman–Crippen MR) is 124 cm³/mol. The van der Waals surface area contributed by atoms with Crippen LogP contribution in [0.5, 0.6) is 0 Å². The lowest BCUT2D eigenvalue weighted by Gasteiger charge is -2.30. The smallest absolute Gasteiger partial charge is 0.241 e. The number of carbonyl (C=O) groups excluding carboxylic acids is 2. The molecular formula is C25H27N5O3. The van der Waals surface area contributed by atoms with Crippen LogP contribution in [0.15, 0.2) is 59.1 Å². The maximum absolute atomic E-state index is 12.8. The zero-order valence-electron chi connectivity index (χ0n) is 18.4. The van der Waals surface area contributed by atoms with Gasteiger partial charge in [-0.1, -0.05) is 41.6 Å². The van der Waals surface area contributed by atoms with Gasteiger partial charge in [-0.15, -0.1) is 0 Å². The second-order valence-electron chi connectivity index (χ2n) is 8.62. The molecule has 0 aliphatic carbocycles. The van der Waals surface area contributed by atoms with Gasteiger partial charge in [0.25, 0.3) is 0 Å². The summed E-state index contributed by atoms with van der Waals surface area (Å²) in [5, 5.41) is 7.12. The van der Waals surface area contributed by atoms with Crippen molar-refractivity contribution in [3.63, 3.8) is 0 Å². The van der Waals surface area contributed by atoms with E-state index in [1.165, 1.54) is 0 Å². The molecule has 0 spiro atoms. The molecule has 2 aliphatic rings. The van der Waals surface area contributed by atoms with Crippen LogP contribution in [0.3, 0.4) is 0 Å². The van der Waals surface area contributed by atoms with E-state index >= 15 is 0 Å². The Balaban J connectivity index is 1.13. The van der Waals surface area contributed by atoms with E-state index in [-0.39, 0.29) is 17.7 Å². The van der Waals surface area contributed by atoms with Gasteiger partial charge in [-0.3, -0.25) is 14.5 Å². The Kier molecular flexibility index (Phi) is 6.17. The Bertz CT molecular complexity index is 1120. The molecular weight excluding hydrogens is 418 g/mol. The molecule has 1 N–H and O–H groups in total. The zero-order chi connectivity index (χ0) is 22.6. The summed E-state index contributed by atoms with van der Waals surface area (Å²) in [4.78, 5) is 33.4. The first-order chi connectivity index (χ1) is 16.2. The summed E-state index contributed by atoms with van der Waals surface area (Å²) in [6, 6.07) is 17.3. The molecule has 0 unspecified atom stereocenters. The summed E-state index contributed by atoms with van der Waals surface area (Å²) in [5.41, 5.74) is 2.51. The highest BCUT2D eigenvalue weighted by molar-refractivity contribution is 5.97. The number of amides is 2. The normalized spacial score (nSPS) is 17.5. The standard InChI is InChI=1S/C25H27N5O3/c31-23-10-5-13-30(23)21-9-4-8-20(16-21)26-25(32)19-11-14-29(15-12-19)17-22-27-24(28-33-22)18-6-2-1-3-7-18/h1-4,6-9,16,19H,5,10-15,17H2,(H,26,32).